The van der Waals surface area contributed by atoms with Crippen molar-refractivity contribution in [3.8, 4) is 0 Å². The molecule has 8 nitrogen and oxygen atoms in total. The second-order valence-corrected chi connectivity index (χ2v) is 7.98. The van der Waals surface area contributed by atoms with Crippen molar-refractivity contribution >= 4 is 17.8 Å². The third-order valence-electron chi connectivity index (χ3n) is 6.02. The van der Waals surface area contributed by atoms with Crippen molar-refractivity contribution in [2.75, 3.05) is 31.6 Å². The number of aromatic nitrogens is 2. The van der Waals surface area contributed by atoms with E-state index in [9.17, 15) is 22.8 Å². The summed E-state index contributed by atoms with van der Waals surface area (Å²) in [6.07, 6.45) is -0.776. The van der Waals surface area contributed by atoms with Gasteiger partial charge in [-0.1, -0.05) is 0 Å². The normalized spacial score (nSPS) is 26.6. The van der Waals surface area contributed by atoms with Crippen LogP contribution in [-0.4, -0.2) is 76.0 Å². The highest BCUT2D eigenvalue weighted by atomic mass is 19.4. The average Bonchev–Trinajstić information content (AvgIpc) is 2.99. The van der Waals surface area contributed by atoms with Gasteiger partial charge in [-0.15, -0.1) is 0 Å². The van der Waals surface area contributed by atoms with Crippen molar-refractivity contribution in [1.29, 1.82) is 0 Å². The molecule has 3 fully saturated rings. The molecule has 3 aliphatic heterocycles. The number of rotatable bonds is 3. The number of hydrogen-bond donors (Lipinski definition) is 1. The monoisotopic (exact) mass is 427 g/mol. The topological polar surface area (TPSA) is 87.7 Å². The van der Waals surface area contributed by atoms with E-state index in [1.165, 1.54) is 4.90 Å². The van der Waals surface area contributed by atoms with Gasteiger partial charge >= 0.3 is 6.18 Å². The van der Waals surface area contributed by atoms with Crippen molar-refractivity contribution in [3.63, 3.8) is 0 Å². The second kappa shape index (κ2) is 8.01. The van der Waals surface area contributed by atoms with Gasteiger partial charge in [-0.05, 0) is 25.7 Å². The van der Waals surface area contributed by atoms with Crippen LogP contribution >= 0.6 is 0 Å². The van der Waals surface area contributed by atoms with Crippen LogP contribution in [0.15, 0.2) is 6.20 Å². The van der Waals surface area contributed by atoms with Gasteiger partial charge in [0.25, 0.3) is 5.91 Å². The van der Waals surface area contributed by atoms with Crippen molar-refractivity contribution < 1.29 is 27.5 Å². The Morgan fingerprint density at radius 3 is 2.37 bits per heavy atom. The fourth-order valence-electron chi connectivity index (χ4n) is 4.75. The van der Waals surface area contributed by atoms with E-state index in [2.05, 4.69) is 15.3 Å². The Labute approximate surface area is 171 Å². The minimum atomic E-state index is -4.78. The number of fused-ring (bicyclic) bond motifs is 2. The van der Waals surface area contributed by atoms with Crippen molar-refractivity contribution in [1.82, 2.24) is 19.8 Å². The molecule has 0 aliphatic carbocycles. The van der Waals surface area contributed by atoms with Gasteiger partial charge in [0.05, 0.1) is 18.8 Å². The number of hydrogen-bond acceptors (Lipinski definition) is 6. The number of morpholine rings is 1. The van der Waals surface area contributed by atoms with Crippen molar-refractivity contribution in [2.24, 2.45) is 0 Å². The minimum Gasteiger partial charge on any atom is -0.378 e. The molecule has 2 amide bonds. The fourth-order valence-corrected chi connectivity index (χ4v) is 4.75. The number of carbonyl (C=O) groups excluding carboxylic acids is 2. The van der Waals surface area contributed by atoms with Crippen LogP contribution in [-0.2, 0) is 15.7 Å². The highest BCUT2D eigenvalue weighted by molar-refractivity contribution is 5.95. The van der Waals surface area contributed by atoms with Crippen LogP contribution in [0.25, 0.3) is 0 Å². The standard InChI is InChI=1S/C19H24F3N5O3/c1-11(28)27-13-2-3-14(27)9-12(8-13)24-18-23-10-15(16(25-18)19(20,21)22)17(29)26-4-6-30-7-5-26/h10,12-14H,2-9H2,1H3,(H,23,24,25). The minimum absolute atomic E-state index is 0.0301. The lowest BCUT2D eigenvalue weighted by Gasteiger charge is -2.38. The number of halogens is 3. The van der Waals surface area contributed by atoms with Gasteiger partial charge in [-0.25, -0.2) is 9.97 Å². The molecule has 4 rings (SSSR count). The third-order valence-corrected chi connectivity index (χ3v) is 6.02. The Morgan fingerprint density at radius 2 is 1.80 bits per heavy atom. The van der Waals surface area contributed by atoms with Gasteiger partial charge < -0.3 is 19.9 Å². The summed E-state index contributed by atoms with van der Waals surface area (Å²) in [7, 11) is 0. The van der Waals surface area contributed by atoms with Crippen molar-refractivity contribution in [3.05, 3.63) is 17.5 Å². The first-order valence-corrected chi connectivity index (χ1v) is 10.1. The number of nitrogens with one attached hydrogen (secondary N) is 1. The van der Waals surface area contributed by atoms with E-state index in [0.717, 1.165) is 19.0 Å². The molecule has 164 valence electrons. The highest BCUT2D eigenvalue weighted by Crippen LogP contribution is 2.37. The van der Waals surface area contributed by atoms with Crippen LogP contribution in [0.3, 0.4) is 0 Å². The Morgan fingerprint density at radius 1 is 1.17 bits per heavy atom. The molecule has 2 unspecified atom stereocenters. The van der Waals surface area contributed by atoms with E-state index in [-0.39, 0.29) is 56.3 Å². The van der Waals surface area contributed by atoms with Gasteiger partial charge in [-0.3, -0.25) is 9.59 Å². The van der Waals surface area contributed by atoms with Crippen LogP contribution in [0, 0.1) is 0 Å². The third kappa shape index (κ3) is 4.07. The zero-order valence-electron chi connectivity index (χ0n) is 16.6. The Bertz CT molecular complexity index is 814. The number of ether oxygens (including phenoxy) is 1. The lowest BCUT2D eigenvalue weighted by Crippen LogP contribution is -2.49. The average molecular weight is 427 g/mol. The maximum Gasteiger partial charge on any atom is 0.434 e. The van der Waals surface area contributed by atoms with E-state index in [0.29, 0.717) is 12.8 Å². The van der Waals surface area contributed by atoms with E-state index >= 15 is 0 Å². The molecule has 2 atom stereocenters. The summed E-state index contributed by atoms with van der Waals surface area (Å²) >= 11 is 0. The number of piperidine rings is 1. The molecule has 0 spiro atoms. The van der Waals surface area contributed by atoms with Gasteiger partial charge in [-0.2, -0.15) is 13.2 Å². The maximum absolute atomic E-state index is 13.7. The molecule has 30 heavy (non-hydrogen) atoms. The lowest BCUT2D eigenvalue weighted by molar-refractivity contribution is -0.141. The van der Waals surface area contributed by atoms with Crippen LogP contribution in [0.4, 0.5) is 19.1 Å². The van der Waals surface area contributed by atoms with Gasteiger partial charge in [0.15, 0.2) is 5.69 Å². The van der Waals surface area contributed by atoms with Gasteiger partial charge in [0.1, 0.15) is 0 Å². The molecule has 0 saturated carbocycles. The summed E-state index contributed by atoms with van der Waals surface area (Å²) in [6.45, 7) is 2.58. The number of alkyl halides is 3. The molecule has 1 aromatic heterocycles. The van der Waals surface area contributed by atoms with Crippen LogP contribution < -0.4 is 5.32 Å². The SMILES string of the molecule is CC(=O)N1C2CCC1CC(Nc1ncc(C(=O)N3CCOCC3)c(C(F)(F)F)n1)C2. The summed E-state index contributed by atoms with van der Waals surface area (Å²) in [5.41, 5.74) is -1.79. The first-order valence-electron chi connectivity index (χ1n) is 10.1. The second-order valence-electron chi connectivity index (χ2n) is 7.98. The Balaban J connectivity index is 1.52. The molecule has 11 heteroatoms. The summed E-state index contributed by atoms with van der Waals surface area (Å²) < 4.78 is 46.1. The van der Waals surface area contributed by atoms with E-state index in [1.807, 2.05) is 4.90 Å². The molecule has 0 radical (unpaired) electrons. The summed E-state index contributed by atoms with van der Waals surface area (Å²) in [4.78, 5) is 35.3. The first-order chi connectivity index (χ1) is 14.2. The van der Waals surface area contributed by atoms with Crippen molar-refractivity contribution in [2.45, 2.75) is 56.9 Å². The number of amides is 2. The molecule has 2 bridgehead atoms. The zero-order valence-corrected chi connectivity index (χ0v) is 16.6. The first kappa shape index (κ1) is 20.8. The van der Waals surface area contributed by atoms with E-state index < -0.39 is 23.3 Å². The number of carbonyl (C=O) groups is 2. The van der Waals surface area contributed by atoms with E-state index in [1.54, 1.807) is 6.92 Å². The van der Waals surface area contributed by atoms with Crippen LogP contribution in [0.2, 0.25) is 0 Å². The summed E-state index contributed by atoms with van der Waals surface area (Å²) in [5, 5.41) is 2.99. The molecule has 0 aromatic carbocycles. The lowest BCUT2D eigenvalue weighted by atomic mass is 9.97. The maximum atomic E-state index is 13.7. The molecule has 3 aliphatic rings. The fraction of sp³-hybridized carbons (Fsp3) is 0.684. The highest BCUT2D eigenvalue weighted by Gasteiger charge is 2.43. The van der Waals surface area contributed by atoms with Crippen LogP contribution in [0.1, 0.15) is 48.7 Å². The largest absolute Gasteiger partial charge is 0.434 e. The Hall–Kier alpha value is -2.43. The summed E-state index contributed by atoms with van der Waals surface area (Å²) in [5.74, 6) is -0.867. The van der Waals surface area contributed by atoms with Crippen LogP contribution in [0.5, 0.6) is 0 Å². The quantitative estimate of drug-likeness (QED) is 0.793. The smallest absolute Gasteiger partial charge is 0.378 e. The predicted molar refractivity (Wildman–Crippen MR) is 99.7 cm³/mol. The molecule has 4 heterocycles. The van der Waals surface area contributed by atoms with Gasteiger partial charge in [0.2, 0.25) is 11.9 Å². The Kier molecular flexibility index (Phi) is 5.56. The number of anilines is 1. The molecule has 3 saturated heterocycles. The number of nitrogens with zero attached hydrogens (tertiary/aromatic N) is 4. The molecule has 1 N–H and O–H groups in total. The van der Waals surface area contributed by atoms with Gasteiger partial charge in [0, 0.05) is 44.3 Å². The predicted octanol–water partition coefficient (Wildman–Crippen LogP) is 1.92. The molecular formula is C19H24F3N5O3. The van der Waals surface area contributed by atoms with E-state index in [4.69, 9.17) is 4.74 Å². The molecule has 1 aromatic rings. The zero-order chi connectivity index (χ0) is 21.5. The summed E-state index contributed by atoms with van der Waals surface area (Å²) in [6, 6.07) is 0.0472. The molecular weight excluding hydrogens is 403 g/mol.